The van der Waals surface area contributed by atoms with Crippen LogP contribution in [-0.4, -0.2) is 96.7 Å². The van der Waals surface area contributed by atoms with Crippen molar-refractivity contribution in [2.24, 2.45) is 0 Å². The first kappa shape index (κ1) is 102. The zero-order valence-electron chi connectivity index (χ0n) is 66.4. The standard InChI is InChI=1S/C89H140O17P2/c1-5-9-13-17-21-25-29-33-37-39-41-43-47-50-54-58-62-66-70-74-87(92)100-80-85(106-89(94)76-72-68-64-60-56-52-48-44-42-40-38-34-30-26-22-18-14-10-6-2)82-104-108(97,98)102-78-83(90)77-101-107(95,96)103-81-84(105-88(93)75-71-67-63-59-55-51-46-36-32-28-24-20-16-12-8-4)79-99-86(91)73-69-65-61-57-53-49-45-35-31-27-23-19-15-11-7-3/h9-11,13-15,21-28,33-38,41-46,50,52-54,56-57,62,66,83-85,90H,5-8,12,16-20,29-32,39-40,47-49,51,55,58-61,63-65,67-82H2,1-4H3,(H,95,96)(H,97,98)/b13-9-,14-10-,15-11-,25-21-,26-22-,27-23-,28-24-,37-33-,38-34-,43-41-,44-42-,45-35-,46-36-,54-50-,56-52-,57-53-,66-62-. The van der Waals surface area contributed by atoms with Crippen LogP contribution < -0.4 is 0 Å². The number of ether oxygens (including phenoxy) is 4. The highest BCUT2D eigenvalue weighted by Crippen LogP contribution is 2.45. The lowest BCUT2D eigenvalue weighted by Gasteiger charge is -2.21. The first-order chi connectivity index (χ1) is 52.7. The summed E-state index contributed by atoms with van der Waals surface area (Å²) in [6.45, 7) is 4.28. The van der Waals surface area contributed by atoms with Crippen LogP contribution in [0.15, 0.2) is 207 Å². The monoisotopic (exact) mass is 1540 g/mol. The summed E-state index contributed by atoms with van der Waals surface area (Å²) in [6, 6.07) is 0. The van der Waals surface area contributed by atoms with E-state index in [9.17, 15) is 43.2 Å². The summed E-state index contributed by atoms with van der Waals surface area (Å²) >= 11 is 0. The van der Waals surface area contributed by atoms with Crippen LogP contribution in [0.25, 0.3) is 0 Å². The lowest BCUT2D eigenvalue weighted by atomic mass is 10.1. The van der Waals surface area contributed by atoms with Crippen molar-refractivity contribution in [1.82, 2.24) is 0 Å². The number of esters is 4. The second-order valence-corrected chi connectivity index (χ2v) is 28.8. The molecule has 108 heavy (non-hydrogen) atoms. The number of aliphatic hydroxyl groups excluding tert-OH is 1. The topological polar surface area (TPSA) is 237 Å². The van der Waals surface area contributed by atoms with Gasteiger partial charge in [-0.2, -0.15) is 0 Å². The minimum Gasteiger partial charge on any atom is -0.462 e. The third-order valence-corrected chi connectivity index (χ3v) is 17.6. The van der Waals surface area contributed by atoms with Crippen LogP contribution in [-0.2, 0) is 65.4 Å². The van der Waals surface area contributed by atoms with Gasteiger partial charge in [0.2, 0.25) is 0 Å². The van der Waals surface area contributed by atoms with E-state index < -0.39 is 97.5 Å². The average Bonchev–Trinajstić information content (AvgIpc) is 0.896. The molecule has 0 radical (unpaired) electrons. The molecule has 5 atom stereocenters. The number of phosphoric acid groups is 2. The molecule has 0 aromatic heterocycles. The van der Waals surface area contributed by atoms with Crippen molar-refractivity contribution in [3.8, 4) is 0 Å². The molecule has 0 fully saturated rings. The molecule has 0 bridgehead atoms. The van der Waals surface area contributed by atoms with Gasteiger partial charge < -0.3 is 33.8 Å². The number of phosphoric ester groups is 2. The molecule has 0 spiro atoms. The van der Waals surface area contributed by atoms with Crippen LogP contribution in [0.1, 0.15) is 272 Å². The Morgan fingerprint density at radius 1 is 0.269 bits per heavy atom. The molecule has 0 aromatic carbocycles. The van der Waals surface area contributed by atoms with Gasteiger partial charge in [0.1, 0.15) is 19.3 Å². The molecule has 0 aliphatic rings. The summed E-state index contributed by atoms with van der Waals surface area (Å²) < 4.78 is 68.5. The van der Waals surface area contributed by atoms with E-state index in [1.807, 2.05) is 18.2 Å². The number of allylic oxidation sites excluding steroid dienone is 34. The summed E-state index contributed by atoms with van der Waals surface area (Å²) in [6.07, 6.45) is 98.2. The zero-order chi connectivity index (χ0) is 78.9. The summed E-state index contributed by atoms with van der Waals surface area (Å²) in [4.78, 5) is 73.1. The van der Waals surface area contributed by atoms with Crippen LogP contribution in [0.2, 0.25) is 0 Å². The molecule has 608 valence electrons. The molecular formula is C89H140O17P2. The van der Waals surface area contributed by atoms with Gasteiger partial charge >= 0.3 is 39.5 Å². The zero-order valence-corrected chi connectivity index (χ0v) is 68.2. The highest BCUT2D eigenvalue weighted by atomic mass is 31.2. The maximum Gasteiger partial charge on any atom is 0.472 e. The van der Waals surface area contributed by atoms with Crippen molar-refractivity contribution >= 4 is 39.5 Å². The highest BCUT2D eigenvalue weighted by Gasteiger charge is 2.30. The van der Waals surface area contributed by atoms with Gasteiger partial charge in [-0.05, 0) is 180 Å². The van der Waals surface area contributed by atoms with Gasteiger partial charge in [0, 0.05) is 25.7 Å². The van der Waals surface area contributed by atoms with Crippen molar-refractivity contribution in [2.75, 3.05) is 39.6 Å². The Morgan fingerprint density at radius 3 is 0.824 bits per heavy atom. The molecule has 0 rings (SSSR count). The van der Waals surface area contributed by atoms with E-state index in [1.165, 1.54) is 19.3 Å². The molecule has 0 heterocycles. The fraction of sp³-hybridized carbons (Fsp3) is 0.573. The summed E-state index contributed by atoms with van der Waals surface area (Å²) in [5, 5.41) is 10.7. The quantitative estimate of drug-likeness (QED) is 0.0169. The Kier molecular flexibility index (Phi) is 74.1. The van der Waals surface area contributed by atoms with Crippen LogP contribution in [0.4, 0.5) is 0 Å². The first-order valence-electron chi connectivity index (χ1n) is 40.3. The second kappa shape index (κ2) is 78.8. The molecule has 19 heteroatoms. The largest absolute Gasteiger partial charge is 0.472 e. The van der Waals surface area contributed by atoms with Crippen molar-refractivity contribution in [3.63, 3.8) is 0 Å². The molecule has 0 saturated heterocycles. The summed E-state index contributed by atoms with van der Waals surface area (Å²) in [5.74, 6) is -2.40. The minimum atomic E-state index is -5.02. The SMILES string of the molecule is CC/C=C\C/C=C\C/C=C\C/C=C\C/C=C\C/C=C\CCC(=O)OCC(COP(=O)(O)OCC(O)COP(=O)(O)OCC(COC(=O)CCCC/C=C\C/C=C\C/C=C\C/C=C\CC)OC(=O)CCCCCCC/C=C\C/C=C\CCCCC)OC(=O)CCCCC/C=C\C/C=C\C/C=C\C/C=C\C/C=C\CC. The maximum absolute atomic E-state index is 13.1. The van der Waals surface area contributed by atoms with E-state index in [2.05, 4.69) is 216 Å². The van der Waals surface area contributed by atoms with Crippen molar-refractivity contribution in [1.29, 1.82) is 0 Å². The Balaban J connectivity index is 5.55. The van der Waals surface area contributed by atoms with Crippen molar-refractivity contribution in [3.05, 3.63) is 207 Å². The number of aliphatic hydroxyl groups is 1. The Bertz CT molecular complexity index is 2860. The van der Waals surface area contributed by atoms with E-state index in [1.54, 1.807) is 0 Å². The van der Waals surface area contributed by atoms with Crippen molar-refractivity contribution in [2.45, 2.75) is 290 Å². The van der Waals surface area contributed by atoms with Crippen LogP contribution in [0.3, 0.4) is 0 Å². The number of rotatable bonds is 73. The Labute approximate surface area is 652 Å². The minimum absolute atomic E-state index is 0.0184. The molecule has 5 unspecified atom stereocenters. The Hall–Kier alpha value is -6.36. The van der Waals surface area contributed by atoms with Gasteiger partial charge in [0.15, 0.2) is 12.2 Å². The lowest BCUT2D eigenvalue weighted by Crippen LogP contribution is -2.30. The first-order valence-corrected chi connectivity index (χ1v) is 43.3. The van der Waals surface area contributed by atoms with E-state index in [0.717, 1.165) is 167 Å². The predicted octanol–water partition coefficient (Wildman–Crippen LogP) is 23.9. The predicted molar refractivity (Wildman–Crippen MR) is 445 cm³/mol. The third-order valence-electron chi connectivity index (χ3n) is 15.7. The van der Waals surface area contributed by atoms with E-state index in [4.69, 9.17) is 37.0 Å². The highest BCUT2D eigenvalue weighted by molar-refractivity contribution is 7.47. The fourth-order valence-corrected chi connectivity index (χ4v) is 11.3. The van der Waals surface area contributed by atoms with Gasteiger partial charge in [-0.15, -0.1) is 0 Å². The maximum atomic E-state index is 13.1. The number of carbonyl (C=O) groups is 4. The summed E-state index contributed by atoms with van der Waals surface area (Å²) in [5.41, 5.74) is 0. The molecule has 3 N–H and O–H groups in total. The Morgan fingerprint density at radius 2 is 0.500 bits per heavy atom. The molecule has 0 amide bonds. The smallest absolute Gasteiger partial charge is 0.462 e. The second-order valence-electron chi connectivity index (χ2n) is 25.9. The van der Waals surface area contributed by atoms with Crippen LogP contribution in [0.5, 0.6) is 0 Å². The van der Waals surface area contributed by atoms with Gasteiger partial charge in [-0.3, -0.25) is 37.3 Å². The number of hydrogen-bond donors (Lipinski definition) is 3. The average molecular weight is 1540 g/mol. The number of hydrogen-bond acceptors (Lipinski definition) is 15. The normalized spacial score (nSPS) is 14.9. The molecular weight excluding hydrogens is 1400 g/mol. The fourth-order valence-electron chi connectivity index (χ4n) is 9.70. The lowest BCUT2D eigenvalue weighted by molar-refractivity contribution is -0.161. The van der Waals surface area contributed by atoms with Crippen LogP contribution >= 0.6 is 15.6 Å². The van der Waals surface area contributed by atoms with E-state index in [-0.39, 0.29) is 25.7 Å². The third kappa shape index (κ3) is 77.8. The van der Waals surface area contributed by atoms with Gasteiger partial charge in [-0.1, -0.05) is 273 Å². The molecule has 0 saturated carbocycles. The molecule has 0 aliphatic carbocycles. The number of unbranched alkanes of at least 4 members (excludes halogenated alkanes) is 13. The molecule has 0 aliphatic heterocycles. The van der Waals surface area contributed by atoms with E-state index >= 15 is 0 Å². The summed E-state index contributed by atoms with van der Waals surface area (Å²) in [7, 11) is -10.0. The van der Waals surface area contributed by atoms with E-state index in [0.29, 0.717) is 32.1 Å². The van der Waals surface area contributed by atoms with Gasteiger partial charge in [-0.25, -0.2) is 9.13 Å². The number of carbonyl (C=O) groups excluding carboxylic acids is 4. The van der Waals surface area contributed by atoms with Gasteiger partial charge in [0.25, 0.3) is 0 Å². The molecule has 0 aromatic rings. The van der Waals surface area contributed by atoms with Crippen LogP contribution in [0, 0.1) is 0 Å². The van der Waals surface area contributed by atoms with Crippen molar-refractivity contribution < 1.29 is 80.2 Å². The van der Waals surface area contributed by atoms with Gasteiger partial charge in [0.05, 0.1) is 26.4 Å². The molecule has 17 nitrogen and oxygen atoms in total.